The standard InChI is InChI=1S/C61H115NO8/c1-3-5-7-9-11-13-15-17-19-20-21-22-23-24-25-26-27-28-29-30-31-32-33-34-35-37-38-40-42-44-46-48-50-55(64)54(53-69-61-60(68)59(67)58(66)56(52-63)70-61)62-57(65)51-49-47-45-43-41-39-36-18-16-14-12-10-8-6-4-2/h34-35,40,42,48,50,54-56,58-61,63-64,66-68H,3-33,36-39,41,43-47,49,51-53H2,1-2H3,(H,62,65)/b35-34+,42-40+,50-48+. The molecule has 9 nitrogen and oxygen atoms in total. The largest absolute Gasteiger partial charge is 0.394 e. The highest BCUT2D eigenvalue weighted by Crippen LogP contribution is 2.23. The molecule has 7 atom stereocenters. The molecule has 1 heterocycles. The maximum atomic E-state index is 13.0. The molecular weight excluding hydrogens is 875 g/mol. The molecule has 412 valence electrons. The molecular formula is C61H115NO8. The molecule has 6 N–H and O–H groups in total. The molecule has 0 aromatic heterocycles. The lowest BCUT2D eigenvalue weighted by Crippen LogP contribution is -2.60. The average Bonchev–Trinajstić information content (AvgIpc) is 3.36. The van der Waals surface area contributed by atoms with E-state index in [-0.39, 0.29) is 12.5 Å². The molecule has 7 unspecified atom stereocenters. The molecule has 0 aromatic rings. The molecule has 0 aliphatic carbocycles. The first-order chi connectivity index (χ1) is 34.3. The summed E-state index contributed by atoms with van der Waals surface area (Å²) in [5.74, 6) is -0.187. The number of nitrogens with one attached hydrogen (secondary N) is 1. The van der Waals surface area contributed by atoms with Crippen LogP contribution in [-0.2, 0) is 14.3 Å². The van der Waals surface area contributed by atoms with Gasteiger partial charge >= 0.3 is 0 Å². The number of hydrogen-bond donors (Lipinski definition) is 6. The lowest BCUT2D eigenvalue weighted by atomic mass is 9.99. The Morgan fingerprint density at radius 1 is 0.471 bits per heavy atom. The molecule has 0 saturated carbocycles. The van der Waals surface area contributed by atoms with Crippen LogP contribution in [-0.4, -0.2) is 87.5 Å². The Labute approximate surface area is 431 Å². The second kappa shape index (κ2) is 50.9. The zero-order chi connectivity index (χ0) is 50.8. The molecule has 9 heteroatoms. The minimum absolute atomic E-state index is 0.187. The molecule has 1 saturated heterocycles. The number of ether oxygens (including phenoxy) is 2. The molecule has 0 radical (unpaired) electrons. The van der Waals surface area contributed by atoms with E-state index in [1.807, 2.05) is 6.08 Å². The Hall–Kier alpha value is -1.59. The molecule has 0 bridgehead atoms. The monoisotopic (exact) mass is 990 g/mol. The second-order valence-electron chi connectivity index (χ2n) is 21.1. The molecule has 1 fully saturated rings. The van der Waals surface area contributed by atoms with Crippen molar-refractivity contribution in [2.75, 3.05) is 13.2 Å². The maximum absolute atomic E-state index is 13.0. The fourth-order valence-corrected chi connectivity index (χ4v) is 9.66. The van der Waals surface area contributed by atoms with Crippen LogP contribution in [0.4, 0.5) is 0 Å². The molecule has 0 spiro atoms. The third kappa shape index (κ3) is 39.9. The van der Waals surface area contributed by atoms with Gasteiger partial charge in [-0.05, 0) is 44.9 Å². The smallest absolute Gasteiger partial charge is 0.220 e. The SMILES string of the molecule is CCCCCCCCCCCCCCCCCCCCCCCC/C=C/CC/C=C/CC/C=C/C(O)C(COC1OC(CO)C(O)C(O)C1O)NC(=O)CCCCCCCCCCCCCCCCC. The highest BCUT2D eigenvalue weighted by atomic mass is 16.7. The highest BCUT2D eigenvalue weighted by Gasteiger charge is 2.44. The van der Waals surface area contributed by atoms with Crippen molar-refractivity contribution in [1.29, 1.82) is 0 Å². The van der Waals surface area contributed by atoms with E-state index in [0.717, 1.165) is 44.9 Å². The van der Waals surface area contributed by atoms with Crippen LogP contribution in [0.15, 0.2) is 36.5 Å². The van der Waals surface area contributed by atoms with Crippen molar-refractivity contribution in [3.05, 3.63) is 36.5 Å². The fraction of sp³-hybridized carbons (Fsp3) is 0.885. The van der Waals surface area contributed by atoms with E-state index in [9.17, 15) is 30.3 Å². The predicted octanol–water partition coefficient (Wildman–Crippen LogP) is 15.1. The summed E-state index contributed by atoms with van der Waals surface area (Å²) in [7, 11) is 0. The van der Waals surface area contributed by atoms with Gasteiger partial charge in [0.1, 0.15) is 24.4 Å². The third-order valence-electron chi connectivity index (χ3n) is 14.4. The molecule has 0 aromatic carbocycles. The predicted molar refractivity (Wildman–Crippen MR) is 295 cm³/mol. The normalized spacial score (nSPS) is 19.6. The molecule has 1 rings (SSSR count). The van der Waals surface area contributed by atoms with E-state index in [4.69, 9.17) is 9.47 Å². The summed E-state index contributed by atoms with van der Waals surface area (Å²) in [5.41, 5.74) is 0. The number of aliphatic hydroxyl groups excluding tert-OH is 5. The molecule has 1 aliphatic rings. The average molecular weight is 991 g/mol. The first-order valence-electron chi connectivity index (χ1n) is 30.2. The Morgan fingerprint density at radius 3 is 1.20 bits per heavy atom. The van der Waals surface area contributed by atoms with E-state index in [2.05, 4.69) is 43.5 Å². The van der Waals surface area contributed by atoms with Gasteiger partial charge in [0.2, 0.25) is 5.91 Å². The number of unbranched alkanes of at least 4 members (excludes halogenated alkanes) is 38. The minimum atomic E-state index is -1.57. The van der Waals surface area contributed by atoms with E-state index in [1.165, 1.54) is 225 Å². The molecule has 1 amide bonds. The van der Waals surface area contributed by atoms with Crippen molar-refractivity contribution >= 4 is 5.91 Å². The van der Waals surface area contributed by atoms with Gasteiger partial charge < -0.3 is 40.3 Å². The van der Waals surface area contributed by atoms with Crippen LogP contribution >= 0.6 is 0 Å². The summed E-state index contributed by atoms with van der Waals surface area (Å²) >= 11 is 0. The van der Waals surface area contributed by atoms with Gasteiger partial charge in [-0.1, -0.05) is 275 Å². The number of allylic oxidation sites excluding steroid dienone is 5. The first-order valence-corrected chi connectivity index (χ1v) is 30.2. The van der Waals surface area contributed by atoms with Crippen LogP contribution in [0.2, 0.25) is 0 Å². The Balaban J connectivity index is 2.19. The van der Waals surface area contributed by atoms with E-state index >= 15 is 0 Å². The van der Waals surface area contributed by atoms with Gasteiger partial charge in [0.05, 0.1) is 25.4 Å². The van der Waals surface area contributed by atoms with Crippen LogP contribution in [0.25, 0.3) is 0 Å². The van der Waals surface area contributed by atoms with Crippen molar-refractivity contribution in [2.24, 2.45) is 0 Å². The number of amides is 1. The van der Waals surface area contributed by atoms with Gasteiger partial charge in [-0.15, -0.1) is 0 Å². The highest BCUT2D eigenvalue weighted by molar-refractivity contribution is 5.76. The fourth-order valence-electron chi connectivity index (χ4n) is 9.66. The van der Waals surface area contributed by atoms with Crippen LogP contribution in [0, 0.1) is 0 Å². The van der Waals surface area contributed by atoms with Gasteiger partial charge in [-0.3, -0.25) is 4.79 Å². The summed E-state index contributed by atoms with van der Waals surface area (Å²) in [4.78, 5) is 13.0. The van der Waals surface area contributed by atoms with Crippen LogP contribution in [0.1, 0.15) is 290 Å². The topological polar surface area (TPSA) is 149 Å². The lowest BCUT2D eigenvalue weighted by Gasteiger charge is -2.40. The Morgan fingerprint density at radius 2 is 0.814 bits per heavy atom. The summed E-state index contributed by atoms with van der Waals surface area (Å²) in [5, 5.41) is 54.4. The summed E-state index contributed by atoms with van der Waals surface area (Å²) < 4.78 is 11.2. The summed E-state index contributed by atoms with van der Waals surface area (Å²) in [6.45, 7) is 3.79. The van der Waals surface area contributed by atoms with Crippen LogP contribution in [0.3, 0.4) is 0 Å². The summed E-state index contributed by atoms with van der Waals surface area (Å²) in [6, 6.07) is -0.826. The van der Waals surface area contributed by atoms with Crippen LogP contribution in [0.5, 0.6) is 0 Å². The first kappa shape index (κ1) is 66.4. The lowest BCUT2D eigenvalue weighted by molar-refractivity contribution is -0.302. The Bertz CT molecular complexity index is 1190. The van der Waals surface area contributed by atoms with Crippen molar-refractivity contribution in [3.8, 4) is 0 Å². The number of rotatable bonds is 52. The second-order valence-corrected chi connectivity index (χ2v) is 21.1. The number of carbonyl (C=O) groups is 1. The van der Waals surface area contributed by atoms with Crippen molar-refractivity contribution < 1.29 is 39.8 Å². The van der Waals surface area contributed by atoms with Crippen molar-refractivity contribution in [2.45, 2.75) is 333 Å². The number of aliphatic hydroxyl groups is 5. The quantitative estimate of drug-likeness (QED) is 0.0261. The van der Waals surface area contributed by atoms with Crippen molar-refractivity contribution in [3.63, 3.8) is 0 Å². The summed E-state index contributed by atoms with van der Waals surface area (Å²) in [6.07, 6.45) is 59.5. The zero-order valence-electron chi connectivity index (χ0n) is 45.8. The number of carbonyl (C=O) groups excluding carboxylic acids is 1. The van der Waals surface area contributed by atoms with E-state index in [0.29, 0.717) is 6.42 Å². The van der Waals surface area contributed by atoms with Gasteiger partial charge in [0.25, 0.3) is 0 Å². The van der Waals surface area contributed by atoms with Gasteiger partial charge in [-0.2, -0.15) is 0 Å². The zero-order valence-corrected chi connectivity index (χ0v) is 45.8. The maximum Gasteiger partial charge on any atom is 0.220 e. The number of hydrogen-bond acceptors (Lipinski definition) is 8. The van der Waals surface area contributed by atoms with E-state index < -0.39 is 49.5 Å². The van der Waals surface area contributed by atoms with Gasteiger partial charge in [-0.25, -0.2) is 0 Å². The third-order valence-corrected chi connectivity index (χ3v) is 14.4. The van der Waals surface area contributed by atoms with Gasteiger partial charge in [0, 0.05) is 6.42 Å². The molecule has 70 heavy (non-hydrogen) atoms. The van der Waals surface area contributed by atoms with E-state index in [1.54, 1.807) is 6.08 Å². The Kier molecular flexibility index (Phi) is 48.3. The minimum Gasteiger partial charge on any atom is -0.394 e. The molecule has 1 aliphatic heterocycles. The van der Waals surface area contributed by atoms with Gasteiger partial charge in [0.15, 0.2) is 6.29 Å². The van der Waals surface area contributed by atoms with Crippen LogP contribution < -0.4 is 5.32 Å². The van der Waals surface area contributed by atoms with Crippen molar-refractivity contribution in [1.82, 2.24) is 5.32 Å².